The van der Waals surface area contributed by atoms with Crippen molar-refractivity contribution in [1.82, 2.24) is 15.5 Å². The van der Waals surface area contributed by atoms with E-state index in [1.54, 1.807) is 11.3 Å². The SMILES string of the molecule is CNC(C)c1nnc(NCCc2ccsc2)o1. The summed E-state index contributed by atoms with van der Waals surface area (Å²) in [5.74, 6) is 0.602. The fourth-order valence-corrected chi connectivity index (χ4v) is 2.06. The monoisotopic (exact) mass is 252 g/mol. The van der Waals surface area contributed by atoms with Gasteiger partial charge in [0.25, 0.3) is 0 Å². The van der Waals surface area contributed by atoms with Crippen LogP contribution in [0.4, 0.5) is 6.01 Å². The molecule has 1 unspecified atom stereocenters. The van der Waals surface area contributed by atoms with Gasteiger partial charge in [0.15, 0.2) is 0 Å². The first-order valence-corrected chi connectivity index (χ1v) is 6.49. The van der Waals surface area contributed by atoms with Gasteiger partial charge in [0.05, 0.1) is 6.04 Å². The Hall–Kier alpha value is -1.40. The van der Waals surface area contributed by atoms with Crippen LogP contribution < -0.4 is 10.6 Å². The molecule has 92 valence electrons. The van der Waals surface area contributed by atoms with E-state index in [9.17, 15) is 0 Å². The van der Waals surface area contributed by atoms with Gasteiger partial charge in [-0.25, -0.2) is 0 Å². The molecule has 0 spiro atoms. The van der Waals surface area contributed by atoms with Gasteiger partial charge in [0.2, 0.25) is 5.89 Å². The van der Waals surface area contributed by atoms with E-state index < -0.39 is 0 Å². The Morgan fingerprint density at radius 1 is 1.47 bits per heavy atom. The highest BCUT2D eigenvalue weighted by atomic mass is 32.1. The largest absolute Gasteiger partial charge is 0.406 e. The van der Waals surface area contributed by atoms with E-state index in [1.807, 2.05) is 14.0 Å². The standard InChI is InChI=1S/C11H16N4OS/c1-8(12-2)10-14-15-11(16-10)13-5-3-9-4-6-17-7-9/h4,6-8,12H,3,5H2,1-2H3,(H,13,15). The maximum absolute atomic E-state index is 5.46. The second-order valence-electron chi connectivity index (χ2n) is 3.76. The first-order chi connectivity index (χ1) is 8.29. The minimum Gasteiger partial charge on any atom is -0.406 e. The third kappa shape index (κ3) is 3.28. The lowest BCUT2D eigenvalue weighted by molar-refractivity contribution is 0.441. The average molecular weight is 252 g/mol. The van der Waals surface area contributed by atoms with Crippen LogP contribution in [-0.4, -0.2) is 23.8 Å². The van der Waals surface area contributed by atoms with Crippen molar-refractivity contribution in [2.24, 2.45) is 0 Å². The molecule has 0 aromatic carbocycles. The Bertz CT molecular complexity index is 440. The van der Waals surface area contributed by atoms with E-state index in [2.05, 4.69) is 37.7 Å². The van der Waals surface area contributed by atoms with Crippen LogP contribution in [0.5, 0.6) is 0 Å². The number of anilines is 1. The van der Waals surface area contributed by atoms with Crippen molar-refractivity contribution in [3.05, 3.63) is 28.3 Å². The Morgan fingerprint density at radius 2 is 2.35 bits per heavy atom. The van der Waals surface area contributed by atoms with E-state index in [1.165, 1.54) is 5.56 Å². The van der Waals surface area contributed by atoms with Crippen LogP contribution in [0.1, 0.15) is 24.4 Å². The molecule has 0 aliphatic carbocycles. The van der Waals surface area contributed by atoms with Gasteiger partial charge in [-0.1, -0.05) is 5.10 Å². The van der Waals surface area contributed by atoms with E-state index in [0.717, 1.165) is 13.0 Å². The molecular weight excluding hydrogens is 236 g/mol. The third-order valence-corrected chi connectivity index (χ3v) is 3.25. The van der Waals surface area contributed by atoms with Gasteiger partial charge in [0, 0.05) is 6.54 Å². The lowest BCUT2D eigenvalue weighted by Crippen LogP contribution is -2.12. The quantitative estimate of drug-likeness (QED) is 0.824. The summed E-state index contributed by atoms with van der Waals surface area (Å²) in [7, 11) is 1.86. The summed E-state index contributed by atoms with van der Waals surface area (Å²) >= 11 is 1.71. The predicted molar refractivity (Wildman–Crippen MR) is 68.3 cm³/mol. The Balaban J connectivity index is 1.81. The van der Waals surface area contributed by atoms with Gasteiger partial charge in [-0.15, -0.1) is 5.10 Å². The van der Waals surface area contributed by atoms with Crippen molar-refractivity contribution in [2.75, 3.05) is 18.9 Å². The summed E-state index contributed by atoms with van der Waals surface area (Å²) in [4.78, 5) is 0. The van der Waals surface area contributed by atoms with Gasteiger partial charge in [0.1, 0.15) is 0 Å². The highest BCUT2D eigenvalue weighted by Crippen LogP contribution is 2.13. The molecule has 1 atom stereocenters. The molecule has 6 heteroatoms. The summed E-state index contributed by atoms with van der Waals surface area (Å²) < 4.78 is 5.46. The van der Waals surface area contributed by atoms with Crippen LogP contribution in [0.2, 0.25) is 0 Å². The third-order valence-electron chi connectivity index (χ3n) is 2.51. The van der Waals surface area contributed by atoms with Gasteiger partial charge in [-0.2, -0.15) is 11.3 Å². The number of nitrogens with zero attached hydrogens (tertiary/aromatic N) is 2. The van der Waals surface area contributed by atoms with Crippen molar-refractivity contribution >= 4 is 17.4 Å². The van der Waals surface area contributed by atoms with Crippen LogP contribution >= 0.6 is 11.3 Å². The number of thiophene rings is 1. The van der Waals surface area contributed by atoms with Gasteiger partial charge >= 0.3 is 6.01 Å². The normalized spacial score (nSPS) is 12.6. The van der Waals surface area contributed by atoms with E-state index in [4.69, 9.17) is 4.42 Å². The summed E-state index contributed by atoms with van der Waals surface area (Å²) in [5, 5.41) is 18.3. The number of nitrogens with one attached hydrogen (secondary N) is 2. The predicted octanol–water partition coefficient (Wildman–Crippen LogP) is 2.07. The second-order valence-corrected chi connectivity index (χ2v) is 4.54. The molecule has 0 aliphatic rings. The molecule has 0 bridgehead atoms. The Morgan fingerprint density at radius 3 is 3.06 bits per heavy atom. The van der Waals surface area contributed by atoms with Crippen LogP contribution in [-0.2, 0) is 6.42 Å². The molecule has 2 aromatic rings. The van der Waals surface area contributed by atoms with Gasteiger partial charge in [-0.05, 0) is 42.8 Å². The van der Waals surface area contributed by atoms with E-state index in [-0.39, 0.29) is 6.04 Å². The number of hydrogen-bond donors (Lipinski definition) is 2. The van der Waals surface area contributed by atoms with Gasteiger partial charge in [-0.3, -0.25) is 0 Å². The average Bonchev–Trinajstić information content (AvgIpc) is 2.99. The molecule has 2 heterocycles. The van der Waals surface area contributed by atoms with Crippen LogP contribution in [0.15, 0.2) is 21.2 Å². The van der Waals surface area contributed by atoms with Crippen molar-refractivity contribution in [2.45, 2.75) is 19.4 Å². The molecule has 2 aromatic heterocycles. The number of aromatic nitrogens is 2. The molecule has 2 N–H and O–H groups in total. The zero-order valence-corrected chi connectivity index (χ0v) is 10.8. The molecule has 0 fully saturated rings. The topological polar surface area (TPSA) is 63.0 Å². The van der Waals surface area contributed by atoms with E-state index >= 15 is 0 Å². The molecule has 0 amide bonds. The zero-order valence-electron chi connectivity index (χ0n) is 9.93. The Labute approximate surface area is 104 Å². The first kappa shape index (κ1) is 12.1. The zero-order chi connectivity index (χ0) is 12.1. The van der Waals surface area contributed by atoms with Crippen LogP contribution in [0.3, 0.4) is 0 Å². The van der Waals surface area contributed by atoms with Crippen LogP contribution in [0, 0.1) is 0 Å². The van der Waals surface area contributed by atoms with Crippen molar-refractivity contribution < 1.29 is 4.42 Å². The molecule has 0 saturated carbocycles. The fourth-order valence-electron chi connectivity index (χ4n) is 1.35. The first-order valence-electron chi connectivity index (χ1n) is 5.55. The fraction of sp³-hybridized carbons (Fsp3) is 0.455. The minimum absolute atomic E-state index is 0.0786. The maximum atomic E-state index is 5.46. The Kier molecular flexibility index (Phi) is 4.11. The van der Waals surface area contributed by atoms with Crippen molar-refractivity contribution in [3.63, 3.8) is 0 Å². The molecule has 17 heavy (non-hydrogen) atoms. The van der Waals surface area contributed by atoms with Gasteiger partial charge < -0.3 is 15.1 Å². The lowest BCUT2D eigenvalue weighted by atomic mass is 10.2. The minimum atomic E-state index is 0.0786. The lowest BCUT2D eigenvalue weighted by Gasteiger charge is -2.02. The maximum Gasteiger partial charge on any atom is 0.315 e. The molecular formula is C11H16N4OS. The molecule has 2 rings (SSSR count). The smallest absolute Gasteiger partial charge is 0.315 e. The summed E-state index contributed by atoms with van der Waals surface area (Å²) in [6.45, 7) is 2.77. The summed E-state index contributed by atoms with van der Waals surface area (Å²) in [5.41, 5.74) is 1.32. The number of rotatable bonds is 6. The van der Waals surface area contributed by atoms with Crippen LogP contribution in [0.25, 0.3) is 0 Å². The highest BCUT2D eigenvalue weighted by molar-refractivity contribution is 7.07. The molecule has 0 radical (unpaired) electrons. The molecule has 0 aliphatic heterocycles. The van der Waals surface area contributed by atoms with Crippen molar-refractivity contribution in [1.29, 1.82) is 0 Å². The number of hydrogen-bond acceptors (Lipinski definition) is 6. The highest BCUT2D eigenvalue weighted by Gasteiger charge is 2.11. The summed E-state index contributed by atoms with van der Waals surface area (Å²) in [6.07, 6.45) is 0.961. The van der Waals surface area contributed by atoms with Crippen molar-refractivity contribution in [3.8, 4) is 0 Å². The molecule has 0 saturated heterocycles. The summed E-state index contributed by atoms with van der Waals surface area (Å²) in [6, 6.07) is 2.68. The molecule has 5 nitrogen and oxygen atoms in total. The second kappa shape index (κ2) is 5.79. The van der Waals surface area contributed by atoms with E-state index in [0.29, 0.717) is 11.9 Å².